The number of rotatable bonds is 20. The molecule has 2 bridgehead atoms. The molecule has 4 rings (SSSR count). The van der Waals surface area contributed by atoms with Crippen LogP contribution in [-0.2, 0) is 18.9 Å². The van der Waals surface area contributed by atoms with Crippen LogP contribution < -0.4 is 16.5 Å². The summed E-state index contributed by atoms with van der Waals surface area (Å²) in [4.78, 5) is 41.4. The lowest BCUT2D eigenvalue weighted by atomic mass is 9.43. The van der Waals surface area contributed by atoms with Gasteiger partial charge >= 0.3 is 7.12 Å². The predicted molar refractivity (Wildman–Crippen MR) is 173 cm³/mol. The average molecular weight is 631 g/mol. The molecule has 1 saturated heterocycles. The van der Waals surface area contributed by atoms with Crippen LogP contribution in [0.2, 0.25) is 0 Å². The van der Waals surface area contributed by atoms with Crippen molar-refractivity contribution >= 4 is 24.8 Å². The van der Waals surface area contributed by atoms with Gasteiger partial charge in [0.15, 0.2) is 5.03 Å². The van der Waals surface area contributed by atoms with Crippen molar-refractivity contribution in [1.29, 1.82) is 5.26 Å². The minimum absolute atomic E-state index is 0.00524. The molecule has 0 unspecified atom stereocenters. The third-order valence-corrected chi connectivity index (χ3v) is 10.4. The molecule has 13 heteroatoms. The van der Waals surface area contributed by atoms with Crippen LogP contribution in [0.15, 0.2) is 4.99 Å². The maximum atomic E-state index is 13.8. The molecule has 4 N–H and O–H groups in total. The highest BCUT2D eigenvalue weighted by molar-refractivity contribution is 6.47. The van der Waals surface area contributed by atoms with Gasteiger partial charge in [-0.05, 0) is 75.0 Å². The second-order valence-corrected chi connectivity index (χ2v) is 14.6. The normalized spacial score (nSPS) is 26.4. The zero-order chi connectivity index (χ0) is 33.2. The fourth-order valence-electron chi connectivity index (χ4n) is 7.72. The van der Waals surface area contributed by atoms with Gasteiger partial charge in [-0.15, -0.1) is 0 Å². The summed E-state index contributed by atoms with van der Waals surface area (Å²) in [5, 5.41) is 21.7. The molecule has 6 atom stereocenters. The number of nitrogens with zero attached hydrogens (tertiary/aromatic N) is 3. The minimum atomic E-state index is -0.775. The Morgan fingerprint density at radius 2 is 1.82 bits per heavy atom. The molecule has 3 saturated carbocycles. The average Bonchev–Trinajstić information content (AvgIpc) is 3.32. The van der Waals surface area contributed by atoms with Crippen molar-refractivity contribution in [3.05, 3.63) is 10.1 Å². The molecule has 1 aliphatic heterocycles. The molecule has 0 aromatic rings. The number of hydrogen-bond acceptors (Lipinski definition) is 8. The molecule has 0 radical (unpaired) electrons. The van der Waals surface area contributed by atoms with Crippen LogP contribution in [0.25, 0.3) is 0 Å². The van der Waals surface area contributed by atoms with E-state index >= 15 is 0 Å². The number of carbonyl (C=O) groups excluding carboxylic acids is 2. The van der Waals surface area contributed by atoms with Gasteiger partial charge in [0.25, 0.3) is 5.96 Å². The second kappa shape index (κ2) is 16.7. The lowest BCUT2D eigenvalue weighted by molar-refractivity contribution is -0.525. The van der Waals surface area contributed by atoms with Gasteiger partial charge in [0.2, 0.25) is 5.91 Å². The summed E-state index contributed by atoms with van der Waals surface area (Å²) in [5.74, 6) is -0.0496. The number of nitrogens with one attached hydrogen (secondary N) is 2. The number of hydrazine groups is 1. The number of hydrogen-bond donors (Lipinski definition) is 3. The molecule has 0 aromatic heterocycles. The predicted octanol–water partition coefficient (Wildman–Crippen LogP) is 4.88. The highest BCUT2D eigenvalue weighted by Gasteiger charge is 2.68. The maximum Gasteiger partial charge on any atom is 0.481 e. The Bertz CT molecular complexity index is 1100. The summed E-state index contributed by atoms with van der Waals surface area (Å²) in [5.41, 5.74) is 7.19. The smallest absolute Gasteiger partial charge is 0.404 e. The monoisotopic (exact) mass is 630 g/mol. The van der Waals surface area contributed by atoms with Gasteiger partial charge in [-0.3, -0.25) is 9.59 Å². The zero-order valence-corrected chi connectivity index (χ0v) is 28.0. The van der Waals surface area contributed by atoms with E-state index in [9.17, 15) is 19.7 Å². The first kappa shape index (κ1) is 36.7. The van der Waals surface area contributed by atoms with E-state index in [1.807, 2.05) is 5.43 Å². The molecular formula is C32H55BN6O6. The van der Waals surface area contributed by atoms with Crippen molar-refractivity contribution in [3.63, 3.8) is 0 Å². The molecular weight excluding hydrogens is 575 g/mol. The van der Waals surface area contributed by atoms with Gasteiger partial charge < -0.3 is 20.4 Å². The number of ketones is 1. The van der Waals surface area contributed by atoms with Crippen molar-refractivity contribution in [2.45, 2.75) is 142 Å². The molecule has 4 aliphatic rings. The van der Waals surface area contributed by atoms with Crippen LogP contribution in [-0.4, -0.2) is 54.0 Å². The zero-order valence-electron chi connectivity index (χ0n) is 28.0. The highest BCUT2D eigenvalue weighted by Crippen LogP contribution is 2.65. The number of unbranched alkanes of at least 4 members (excludes halogenated alkanes) is 6. The van der Waals surface area contributed by atoms with Gasteiger partial charge in [-0.2, -0.15) is 5.26 Å². The number of amides is 1. The van der Waals surface area contributed by atoms with E-state index in [-0.39, 0.29) is 59.6 Å². The van der Waals surface area contributed by atoms with Gasteiger partial charge in [-0.1, -0.05) is 58.8 Å². The molecule has 252 valence electrons. The second-order valence-electron chi connectivity index (χ2n) is 14.6. The van der Waals surface area contributed by atoms with Crippen molar-refractivity contribution in [2.24, 2.45) is 39.8 Å². The molecule has 0 spiro atoms. The topological polar surface area (TPSA) is 182 Å². The van der Waals surface area contributed by atoms with E-state index in [1.165, 1.54) is 0 Å². The van der Waals surface area contributed by atoms with Crippen molar-refractivity contribution in [3.8, 4) is 6.07 Å². The van der Waals surface area contributed by atoms with E-state index in [4.69, 9.17) is 20.3 Å². The Morgan fingerprint density at radius 1 is 1.13 bits per heavy atom. The first-order chi connectivity index (χ1) is 21.3. The molecule has 45 heavy (non-hydrogen) atoms. The van der Waals surface area contributed by atoms with Gasteiger partial charge in [-0.25, -0.2) is 15.1 Å². The summed E-state index contributed by atoms with van der Waals surface area (Å²) >= 11 is 0. The Morgan fingerprint density at radius 3 is 2.47 bits per heavy atom. The Balaban J connectivity index is 1.61. The standard InChI is InChI=1S/C32H55BN6O6/c1-22(2)18-28(33-44-27-21-24-20-26(31(24,3)4)32(27,5)45-33)37-29(41)23(14-13-17-36-30(35)38-39(42)43)19-25(40)15-11-9-7-6-8-10-12-16-34/h22-24,26-28H,6-15,17-21H2,1-5H3,(H,37,41)(H3,35,36,38)/t23-,24+,26+,27-,28+,32+/m1/s1. The Labute approximate surface area is 269 Å². The summed E-state index contributed by atoms with van der Waals surface area (Å²) in [6.45, 7) is 11.2. The maximum absolute atomic E-state index is 13.8. The molecule has 3 aliphatic carbocycles. The molecule has 12 nitrogen and oxygen atoms in total. The minimum Gasteiger partial charge on any atom is -0.404 e. The van der Waals surface area contributed by atoms with E-state index in [1.54, 1.807) is 0 Å². The Hall–Kier alpha value is -2.72. The van der Waals surface area contributed by atoms with Crippen molar-refractivity contribution in [1.82, 2.24) is 10.7 Å². The van der Waals surface area contributed by atoms with Crippen LogP contribution in [0, 0.1) is 50.5 Å². The SMILES string of the molecule is CC(C)C[C@H](NC(=O)[C@H](CCCN=C(N)N[N+](=O)[O-])CC(=O)CCCCCCCCC#N)B1O[C@@H]2C[C@@H]3C[C@@H](C3(C)C)[C@]2(C)O1. The van der Waals surface area contributed by atoms with Crippen LogP contribution in [0.5, 0.6) is 0 Å². The van der Waals surface area contributed by atoms with Crippen LogP contribution in [0.4, 0.5) is 0 Å². The number of aliphatic imine (C=N–C) groups is 1. The fraction of sp³-hybridized carbons (Fsp3) is 0.875. The summed E-state index contributed by atoms with van der Waals surface area (Å²) in [7, 11) is -0.552. The third-order valence-electron chi connectivity index (χ3n) is 10.4. The molecule has 4 fully saturated rings. The van der Waals surface area contributed by atoms with E-state index < -0.39 is 18.1 Å². The first-order valence-electron chi connectivity index (χ1n) is 17.0. The van der Waals surface area contributed by atoms with Gasteiger partial charge in [0.05, 0.1) is 23.7 Å². The molecule has 1 heterocycles. The van der Waals surface area contributed by atoms with Crippen molar-refractivity contribution in [2.75, 3.05) is 6.54 Å². The van der Waals surface area contributed by atoms with Crippen LogP contribution in [0.1, 0.15) is 125 Å². The number of nitro groups is 1. The third kappa shape index (κ3) is 10.1. The van der Waals surface area contributed by atoms with Crippen LogP contribution >= 0.6 is 0 Å². The van der Waals surface area contributed by atoms with E-state index in [0.29, 0.717) is 43.9 Å². The van der Waals surface area contributed by atoms with E-state index in [2.05, 4.69) is 51.0 Å². The lowest BCUT2D eigenvalue weighted by Gasteiger charge is -2.64. The van der Waals surface area contributed by atoms with Crippen LogP contribution in [0.3, 0.4) is 0 Å². The quantitative estimate of drug-likeness (QED) is 0.0422. The number of nitriles is 1. The number of nitrogens with two attached hydrogens (primary N) is 1. The highest BCUT2D eigenvalue weighted by atomic mass is 16.7. The summed E-state index contributed by atoms with van der Waals surface area (Å²) in [6.07, 6.45) is 10.5. The molecule has 1 amide bonds. The number of Topliss-reactive ketones (excluding diaryl/α,β-unsaturated/α-hetero) is 1. The summed E-state index contributed by atoms with van der Waals surface area (Å²) < 4.78 is 13.3. The fourth-order valence-corrected chi connectivity index (χ4v) is 7.72. The van der Waals surface area contributed by atoms with Crippen molar-refractivity contribution < 1.29 is 23.9 Å². The van der Waals surface area contributed by atoms with Gasteiger partial charge in [0.1, 0.15) is 5.78 Å². The first-order valence-corrected chi connectivity index (χ1v) is 17.0. The number of guanidine groups is 1. The number of carbonyl (C=O) groups is 2. The lowest BCUT2D eigenvalue weighted by Crippen LogP contribution is -2.65. The largest absolute Gasteiger partial charge is 0.481 e. The molecule has 0 aromatic carbocycles. The Kier molecular flexibility index (Phi) is 13.7. The summed E-state index contributed by atoms with van der Waals surface area (Å²) in [6, 6.07) is 2.16. The van der Waals surface area contributed by atoms with Gasteiger partial charge in [0, 0.05) is 31.7 Å². The van der Waals surface area contributed by atoms with E-state index in [0.717, 1.165) is 51.4 Å².